The fraction of sp³-hybridized carbons (Fsp3) is 0.348. The average molecular weight is 443 g/mol. The van der Waals surface area contributed by atoms with Crippen LogP contribution in [0, 0.1) is 13.8 Å². The van der Waals surface area contributed by atoms with E-state index in [-0.39, 0.29) is 17.9 Å². The van der Waals surface area contributed by atoms with Crippen LogP contribution in [0.4, 0.5) is 11.4 Å². The maximum absolute atomic E-state index is 12.9. The van der Waals surface area contributed by atoms with Gasteiger partial charge in [0, 0.05) is 35.5 Å². The van der Waals surface area contributed by atoms with Gasteiger partial charge in [-0.3, -0.25) is 14.9 Å². The molecule has 3 N–H and O–H groups in total. The first kappa shape index (κ1) is 22.8. The number of rotatable bonds is 5. The van der Waals surface area contributed by atoms with Gasteiger partial charge >= 0.3 is 0 Å². The summed E-state index contributed by atoms with van der Waals surface area (Å²) in [6, 6.07) is 10.6. The molecule has 1 heterocycles. The smallest absolute Gasteiger partial charge is 0.258 e. The topological polar surface area (TPSA) is 91.8 Å². The predicted octanol–water partition coefficient (Wildman–Crippen LogP) is 4.29. The molecule has 31 heavy (non-hydrogen) atoms. The van der Waals surface area contributed by atoms with Crippen LogP contribution in [-0.2, 0) is 9.53 Å². The highest BCUT2D eigenvalue weighted by Gasteiger charge is 2.17. The molecule has 0 radical (unpaired) electrons. The van der Waals surface area contributed by atoms with Gasteiger partial charge in [-0.1, -0.05) is 23.7 Å². The summed E-state index contributed by atoms with van der Waals surface area (Å²) < 4.78 is 5.64. The van der Waals surface area contributed by atoms with Gasteiger partial charge in [-0.05, 0) is 62.1 Å². The van der Waals surface area contributed by atoms with Gasteiger partial charge in [-0.2, -0.15) is 0 Å². The lowest BCUT2D eigenvalue weighted by Crippen LogP contribution is -2.37. The van der Waals surface area contributed by atoms with Crippen molar-refractivity contribution in [2.24, 2.45) is 4.99 Å². The van der Waals surface area contributed by atoms with Crippen LogP contribution in [0.25, 0.3) is 0 Å². The first-order valence-corrected chi connectivity index (χ1v) is 10.6. The SMILES string of the molecule is CC(=O)Nc1cc(C(=O)NC(=NC[C@@H]2CCCO2)Nc2cc(Cl)ccc2C)ccc1C. The maximum Gasteiger partial charge on any atom is 0.258 e. The number of carbonyl (C=O) groups excluding carboxylic acids is 2. The zero-order chi connectivity index (χ0) is 22.4. The standard InChI is InChI=1S/C23H27ClN4O3/c1-14-6-8-17(11-20(14)26-16(3)29)22(30)28-23(25-13-19-5-4-10-31-19)27-21-12-18(24)9-7-15(21)2/h6-9,11-12,19H,4-5,10,13H2,1-3H3,(H,26,29)(H2,25,27,28,30)/t19-/m0/s1. The minimum atomic E-state index is -0.343. The number of halogens is 1. The number of guanidine groups is 1. The van der Waals surface area contributed by atoms with Gasteiger partial charge in [0.1, 0.15) is 0 Å². The summed E-state index contributed by atoms with van der Waals surface area (Å²) in [7, 11) is 0. The largest absolute Gasteiger partial charge is 0.376 e. The number of benzene rings is 2. The Labute approximate surface area is 187 Å². The molecular weight excluding hydrogens is 416 g/mol. The first-order valence-electron chi connectivity index (χ1n) is 10.2. The van der Waals surface area contributed by atoms with Gasteiger partial charge in [0.15, 0.2) is 0 Å². The van der Waals surface area contributed by atoms with Crippen molar-refractivity contribution in [1.82, 2.24) is 5.32 Å². The van der Waals surface area contributed by atoms with Crippen molar-refractivity contribution in [3.05, 3.63) is 58.1 Å². The summed E-state index contributed by atoms with van der Waals surface area (Å²) in [5, 5.41) is 9.34. The van der Waals surface area contributed by atoms with Crippen molar-refractivity contribution in [2.75, 3.05) is 23.8 Å². The molecule has 2 aromatic carbocycles. The minimum absolute atomic E-state index is 0.0416. The minimum Gasteiger partial charge on any atom is -0.376 e. The first-order chi connectivity index (χ1) is 14.8. The molecular formula is C23H27ClN4O3. The van der Waals surface area contributed by atoms with Crippen molar-refractivity contribution in [3.63, 3.8) is 0 Å². The van der Waals surface area contributed by atoms with Crippen LogP contribution in [0.2, 0.25) is 5.02 Å². The van der Waals surface area contributed by atoms with Crippen molar-refractivity contribution >= 4 is 40.7 Å². The summed E-state index contributed by atoms with van der Waals surface area (Å²) >= 11 is 6.13. The fourth-order valence-electron chi connectivity index (χ4n) is 3.22. The molecule has 1 aliphatic rings. The van der Waals surface area contributed by atoms with Gasteiger partial charge in [-0.15, -0.1) is 0 Å². The van der Waals surface area contributed by atoms with E-state index in [2.05, 4.69) is 20.9 Å². The number of ether oxygens (including phenoxy) is 1. The van der Waals surface area contributed by atoms with E-state index in [0.29, 0.717) is 28.8 Å². The molecule has 0 aromatic heterocycles. The van der Waals surface area contributed by atoms with E-state index in [0.717, 1.165) is 36.3 Å². The highest BCUT2D eigenvalue weighted by atomic mass is 35.5. The van der Waals surface area contributed by atoms with Gasteiger partial charge in [0.05, 0.1) is 12.6 Å². The lowest BCUT2D eigenvalue weighted by atomic mass is 10.1. The van der Waals surface area contributed by atoms with Gasteiger partial charge < -0.3 is 15.4 Å². The average Bonchev–Trinajstić information content (AvgIpc) is 3.24. The number of aliphatic imine (C=N–C) groups is 1. The van der Waals surface area contributed by atoms with Gasteiger partial charge in [0.25, 0.3) is 5.91 Å². The van der Waals surface area contributed by atoms with Gasteiger partial charge in [-0.25, -0.2) is 4.99 Å². The summed E-state index contributed by atoms with van der Waals surface area (Å²) in [6.07, 6.45) is 2.00. The molecule has 1 aliphatic heterocycles. The molecule has 2 amide bonds. The van der Waals surface area contributed by atoms with Crippen LogP contribution in [0.3, 0.4) is 0 Å². The van der Waals surface area contributed by atoms with E-state index >= 15 is 0 Å². The normalized spacial score (nSPS) is 16.1. The second kappa shape index (κ2) is 10.4. The van der Waals surface area contributed by atoms with Crippen molar-refractivity contribution in [3.8, 4) is 0 Å². The van der Waals surface area contributed by atoms with E-state index in [4.69, 9.17) is 16.3 Å². The van der Waals surface area contributed by atoms with Crippen LogP contribution in [0.5, 0.6) is 0 Å². The Morgan fingerprint density at radius 1 is 1.10 bits per heavy atom. The molecule has 0 spiro atoms. The predicted molar refractivity (Wildman–Crippen MR) is 124 cm³/mol. The third-order valence-electron chi connectivity index (χ3n) is 4.97. The van der Waals surface area contributed by atoms with Crippen molar-refractivity contribution in [2.45, 2.75) is 39.7 Å². The zero-order valence-electron chi connectivity index (χ0n) is 17.9. The van der Waals surface area contributed by atoms with Crippen molar-refractivity contribution < 1.29 is 14.3 Å². The van der Waals surface area contributed by atoms with Crippen LogP contribution >= 0.6 is 11.6 Å². The molecule has 1 fully saturated rings. The number of anilines is 2. The third kappa shape index (κ3) is 6.54. The molecule has 0 saturated carbocycles. The number of nitrogens with one attached hydrogen (secondary N) is 3. The summed E-state index contributed by atoms with van der Waals surface area (Å²) in [5.41, 5.74) is 3.58. The monoisotopic (exact) mass is 442 g/mol. The molecule has 2 aromatic rings. The lowest BCUT2D eigenvalue weighted by Gasteiger charge is -2.16. The fourth-order valence-corrected chi connectivity index (χ4v) is 3.39. The van der Waals surface area contributed by atoms with Gasteiger partial charge in [0.2, 0.25) is 11.9 Å². The molecule has 0 aliphatic carbocycles. The zero-order valence-corrected chi connectivity index (χ0v) is 18.7. The van der Waals surface area contributed by atoms with Crippen LogP contribution in [-0.4, -0.2) is 37.0 Å². The Bertz CT molecular complexity index is 1000. The molecule has 1 saturated heterocycles. The molecule has 1 atom stereocenters. The second-order valence-electron chi connectivity index (χ2n) is 7.57. The van der Waals surface area contributed by atoms with E-state index in [1.807, 2.05) is 19.9 Å². The molecule has 8 heteroatoms. The van der Waals surface area contributed by atoms with Crippen LogP contribution in [0.15, 0.2) is 41.4 Å². The molecule has 0 bridgehead atoms. The van der Waals surface area contributed by atoms with Crippen LogP contribution in [0.1, 0.15) is 41.3 Å². The Kier molecular flexibility index (Phi) is 7.65. The Balaban J connectivity index is 1.81. The summed E-state index contributed by atoms with van der Waals surface area (Å²) in [6.45, 7) is 6.41. The Hall–Kier alpha value is -2.90. The van der Waals surface area contributed by atoms with E-state index in [9.17, 15) is 9.59 Å². The number of aryl methyl sites for hydroxylation is 2. The summed E-state index contributed by atoms with van der Waals surface area (Å²) in [4.78, 5) is 28.9. The lowest BCUT2D eigenvalue weighted by molar-refractivity contribution is -0.114. The van der Waals surface area contributed by atoms with E-state index < -0.39 is 0 Å². The maximum atomic E-state index is 12.9. The number of amides is 2. The highest BCUT2D eigenvalue weighted by Crippen LogP contribution is 2.21. The van der Waals surface area contributed by atoms with Crippen molar-refractivity contribution in [1.29, 1.82) is 0 Å². The van der Waals surface area contributed by atoms with E-state index in [1.165, 1.54) is 6.92 Å². The number of hydrogen-bond donors (Lipinski definition) is 3. The Morgan fingerprint density at radius 3 is 2.48 bits per heavy atom. The Morgan fingerprint density at radius 2 is 1.81 bits per heavy atom. The number of hydrogen-bond acceptors (Lipinski definition) is 4. The second-order valence-corrected chi connectivity index (χ2v) is 8.01. The quantitative estimate of drug-likeness (QED) is 0.475. The van der Waals surface area contributed by atoms with Crippen LogP contribution < -0.4 is 16.0 Å². The molecule has 0 unspecified atom stereocenters. The molecule has 3 rings (SSSR count). The number of carbonyl (C=O) groups is 2. The van der Waals surface area contributed by atoms with E-state index in [1.54, 1.807) is 30.3 Å². The molecule has 164 valence electrons. The molecule has 7 nitrogen and oxygen atoms in total. The highest BCUT2D eigenvalue weighted by molar-refractivity contribution is 6.31. The number of nitrogens with zero attached hydrogens (tertiary/aromatic N) is 1. The summed E-state index contributed by atoms with van der Waals surface area (Å²) in [5.74, 6) is -0.227. The third-order valence-corrected chi connectivity index (χ3v) is 5.21.